The molecule has 1 N–H and O–H groups in total. The molecule has 1 aliphatic heterocycles. The number of halogens is 2. The third-order valence-corrected chi connectivity index (χ3v) is 5.30. The molecule has 146 valence electrons. The van der Waals surface area contributed by atoms with Crippen molar-refractivity contribution in [1.82, 2.24) is 14.7 Å². The molecule has 0 unspecified atom stereocenters. The van der Waals surface area contributed by atoms with E-state index in [2.05, 4.69) is 14.7 Å². The molecule has 7 nitrogen and oxygen atoms in total. The average molecular weight is 398 g/mol. The third-order valence-electron chi connectivity index (χ3n) is 4.03. The predicted molar refractivity (Wildman–Crippen MR) is 95.6 cm³/mol. The summed E-state index contributed by atoms with van der Waals surface area (Å²) in [5.41, 5.74) is 0.471. The van der Waals surface area contributed by atoms with Crippen LogP contribution < -0.4 is 9.62 Å². The molecule has 2 aromatic rings. The minimum Gasteiger partial charge on any atom is -0.378 e. The summed E-state index contributed by atoms with van der Waals surface area (Å²) in [4.78, 5) is 10.7. The normalized spacial score (nSPS) is 15.1. The standard InChI is InChI=1S/C17H20F2N4O3S/c1-12-8-17(23-4-6-26-7-5-23)22-16(21-12)10-20-27(24,25)11-13-9-14(18)2-3-15(13)19/h2-3,8-9,20H,4-7,10-11H2,1H3. The topological polar surface area (TPSA) is 84.4 Å². The van der Waals surface area contributed by atoms with E-state index in [1.54, 1.807) is 6.92 Å². The van der Waals surface area contributed by atoms with Gasteiger partial charge in [0.15, 0.2) is 0 Å². The van der Waals surface area contributed by atoms with Crippen LogP contribution in [0.25, 0.3) is 0 Å². The molecule has 1 aromatic heterocycles. The first-order valence-corrected chi connectivity index (χ1v) is 10.1. The molecule has 1 fully saturated rings. The van der Waals surface area contributed by atoms with Crippen LogP contribution in [0.4, 0.5) is 14.6 Å². The van der Waals surface area contributed by atoms with Crippen molar-refractivity contribution in [3.05, 3.63) is 53.0 Å². The number of nitrogens with zero attached hydrogens (tertiary/aromatic N) is 3. The Morgan fingerprint density at radius 3 is 2.67 bits per heavy atom. The fourth-order valence-electron chi connectivity index (χ4n) is 2.73. The van der Waals surface area contributed by atoms with Crippen molar-refractivity contribution >= 4 is 15.8 Å². The van der Waals surface area contributed by atoms with Crippen molar-refractivity contribution in [3.8, 4) is 0 Å². The number of aryl methyl sites for hydroxylation is 1. The summed E-state index contributed by atoms with van der Waals surface area (Å²) in [5.74, 6) is -1.13. The summed E-state index contributed by atoms with van der Waals surface area (Å²) >= 11 is 0. The van der Waals surface area contributed by atoms with E-state index in [9.17, 15) is 17.2 Å². The summed E-state index contributed by atoms with van der Waals surface area (Å²) in [5, 5.41) is 0. The maximum absolute atomic E-state index is 13.7. The second-order valence-corrected chi connectivity index (χ2v) is 8.01. The van der Waals surface area contributed by atoms with Crippen LogP contribution >= 0.6 is 0 Å². The monoisotopic (exact) mass is 398 g/mol. The van der Waals surface area contributed by atoms with E-state index in [0.717, 1.165) is 18.2 Å². The third kappa shape index (κ3) is 5.41. The first-order chi connectivity index (χ1) is 12.8. The number of aromatic nitrogens is 2. The fourth-order valence-corrected chi connectivity index (χ4v) is 3.81. The molecule has 0 spiro atoms. The van der Waals surface area contributed by atoms with E-state index in [1.165, 1.54) is 0 Å². The lowest BCUT2D eigenvalue weighted by Gasteiger charge is -2.28. The van der Waals surface area contributed by atoms with Crippen molar-refractivity contribution in [1.29, 1.82) is 0 Å². The van der Waals surface area contributed by atoms with E-state index in [1.807, 2.05) is 11.0 Å². The highest BCUT2D eigenvalue weighted by Crippen LogP contribution is 2.15. The highest BCUT2D eigenvalue weighted by atomic mass is 32.2. The molecule has 0 bridgehead atoms. The summed E-state index contributed by atoms with van der Waals surface area (Å²) in [6.45, 7) is 4.25. The molecule has 0 saturated carbocycles. The molecule has 1 aliphatic rings. The smallest absolute Gasteiger partial charge is 0.216 e. The number of benzene rings is 1. The van der Waals surface area contributed by atoms with Gasteiger partial charge < -0.3 is 9.64 Å². The lowest BCUT2D eigenvalue weighted by Crippen LogP contribution is -2.37. The molecule has 1 aromatic carbocycles. The zero-order valence-electron chi connectivity index (χ0n) is 14.8. The molecular formula is C17H20F2N4O3S. The molecular weight excluding hydrogens is 378 g/mol. The number of hydrogen-bond donors (Lipinski definition) is 1. The number of nitrogens with one attached hydrogen (secondary N) is 1. The van der Waals surface area contributed by atoms with Gasteiger partial charge in [-0.05, 0) is 25.1 Å². The number of ether oxygens (including phenoxy) is 1. The minimum atomic E-state index is -3.89. The predicted octanol–water partition coefficient (Wildman–Crippen LogP) is 1.52. The van der Waals surface area contributed by atoms with Gasteiger partial charge in [0, 0.05) is 30.4 Å². The molecule has 10 heteroatoms. The van der Waals surface area contributed by atoms with Gasteiger partial charge in [0.2, 0.25) is 10.0 Å². The Bertz CT molecular complexity index is 918. The Hall–Kier alpha value is -2.17. The molecule has 0 amide bonds. The van der Waals surface area contributed by atoms with E-state index in [4.69, 9.17) is 4.74 Å². The molecule has 2 heterocycles. The largest absolute Gasteiger partial charge is 0.378 e. The van der Waals surface area contributed by atoms with Gasteiger partial charge in [0.25, 0.3) is 0 Å². The van der Waals surface area contributed by atoms with Gasteiger partial charge in [-0.2, -0.15) is 0 Å². The van der Waals surface area contributed by atoms with E-state index < -0.39 is 27.4 Å². The molecule has 3 rings (SSSR count). The van der Waals surface area contributed by atoms with Crippen molar-refractivity contribution in [2.45, 2.75) is 19.2 Å². The van der Waals surface area contributed by atoms with Crippen molar-refractivity contribution in [3.63, 3.8) is 0 Å². The molecule has 0 aliphatic carbocycles. The van der Waals surface area contributed by atoms with Crippen LogP contribution in [0, 0.1) is 18.6 Å². The molecule has 1 saturated heterocycles. The summed E-state index contributed by atoms with van der Waals surface area (Å²) in [7, 11) is -3.89. The van der Waals surface area contributed by atoms with E-state index in [-0.39, 0.29) is 12.1 Å². The Balaban J connectivity index is 1.69. The minimum absolute atomic E-state index is 0.141. The number of sulfonamides is 1. The maximum Gasteiger partial charge on any atom is 0.216 e. The van der Waals surface area contributed by atoms with Crippen LogP contribution in [0.15, 0.2) is 24.3 Å². The molecule has 0 atom stereocenters. The number of morpholine rings is 1. The van der Waals surface area contributed by atoms with Crippen molar-refractivity contribution in [2.24, 2.45) is 0 Å². The fraction of sp³-hybridized carbons (Fsp3) is 0.412. The van der Waals surface area contributed by atoms with Crippen molar-refractivity contribution < 1.29 is 21.9 Å². The van der Waals surface area contributed by atoms with E-state index >= 15 is 0 Å². The summed E-state index contributed by atoms with van der Waals surface area (Å²) in [6, 6.07) is 4.53. The van der Waals surface area contributed by atoms with Gasteiger partial charge in [-0.25, -0.2) is 31.9 Å². The second-order valence-electron chi connectivity index (χ2n) is 6.20. The van der Waals surface area contributed by atoms with E-state index in [0.29, 0.717) is 43.6 Å². The van der Waals surface area contributed by atoms with Gasteiger partial charge >= 0.3 is 0 Å². The lowest BCUT2D eigenvalue weighted by atomic mass is 10.2. The zero-order chi connectivity index (χ0) is 19.4. The SMILES string of the molecule is Cc1cc(N2CCOCC2)nc(CNS(=O)(=O)Cc2cc(F)ccc2F)n1. The quantitative estimate of drug-likeness (QED) is 0.794. The maximum atomic E-state index is 13.7. The molecule has 27 heavy (non-hydrogen) atoms. The first-order valence-electron chi connectivity index (χ1n) is 8.41. The van der Waals surface area contributed by atoms with Crippen molar-refractivity contribution in [2.75, 3.05) is 31.2 Å². The van der Waals surface area contributed by atoms with Crippen LogP contribution in [0.5, 0.6) is 0 Å². The Kier molecular flexibility index (Phi) is 5.98. The van der Waals surface area contributed by atoms with Gasteiger partial charge in [-0.15, -0.1) is 0 Å². The number of anilines is 1. The Morgan fingerprint density at radius 1 is 1.19 bits per heavy atom. The highest BCUT2D eigenvalue weighted by Gasteiger charge is 2.18. The van der Waals surface area contributed by atoms with Gasteiger partial charge in [-0.1, -0.05) is 0 Å². The zero-order valence-corrected chi connectivity index (χ0v) is 15.6. The van der Waals surface area contributed by atoms with Crippen LogP contribution in [-0.2, 0) is 27.1 Å². The number of rotatable bonds is 6. The molecule has 0 radical (unpaired) electrons. The van der Waals surface area contributed by atoms with Gasteiger partial charge in [0.05, 0.1) is 25.5 Å². The number of hydrogen-bond acceptors (Lipinski definition) is 6. The van der Waals surface area contributed by atoms with Crippen LogP contribution in [0.2, 0.25) is 0 Å². The van der Waals surface area contributed by atoms with Crippen LogP contribution in [0.3, 0.4) is 0 Å². The second kappa shape index (κ2) is 8.24. The van der Waals surface area contributed by atoms with Crippen LogP contribution in [-0.4, -0.2) is 44.7 Å². The summed E-state index contributed by atoms with van der Waals surface area (Å²) in [6.07, 6.45) is 0. The van der Waals surface area contributed by atoms with Gasteiger partial charge in [-0.3, -0.25) is 0 Å². The first kappa shape index (κ1) is 19.6. The highest BCUT2D eigenvalue weighted by molar-refractivity contribution is 7.88. The van der Waals surface area contributed by atoms with Gasteiger partial charge in [0.1, 0.15) is 23.3 Å². The summed E-state index contributed by atoms with van der Waals surface area (Å²) < 4.78 is 59.0. The lowest BCUT2D eigenvalue weighted by molar-refractivity contribution is 0.122. The average Bonchev–Trinajstić information content (AvgIpc) is 2.63. The van der Waals surface area contributed by atoms with Crippen LogP contribution in [0.1, 0.15) is 17.1 Å². The Morgan fingerprint density at radius 2 is 1.93 bits per heavy atom. The Labute approximate surface area is 156 Å².